The van der Waals surface area contributed by atoms with E-state index in [1.165, 1.54) is 24.0 Å². The Morgan fingerprint density at radius 2 is 1.47 bits per heavy atom. The minimum atomic E-state index is 0.311. The molecular weight excluding hydrogens is 396 g/mol. The minimum Gasteiger partial charge on any atom is -0.343 e. The van der Waals surface area contributed by atoms with Gasteiger partial charge in [0.1, 0.15) is 0 Å². The molecule has 174 valence electrons. The maximum Gasteiger partial charge on any atom is 0.226 e. The van der Waals surface area contributed by atoms with Crippen LogP contribution in [0.5, 0.6) is 0 Å². The van der Waals surface area contributed by atoms with Crippen molar-refractivity contribution in [3.05, 3.63) is 47.5 Å². The summed E-state index contributed by atoms with van der Waals surface area (Å²) in [6.45, 7) is 3.57. The predicted octanol–water partition coefficient (Wildman–Crippen LogP) is 5.38. The van der Waals surface area contributed by atoms with Gasteiger partial charge in [-0.15, -0.1) is 0 Å². The smallest absolute Gasteiger partial charge is 0.226 e. The highest BCUT2D eigenvalue weighted by atomic mass is 16.2. The van der Waals surface area contributed by atoms with Crippen LogP contribution in [0.25, 0.3) is 0 Å². The average molecular weight is 437 g/mol. The van der Waals surface area contributed by atoms with Crippen molar-refractivity contribution >= 4 is 11.8 Å². The first-order valence-electron chi connectivity index (χ1n) is 12.9. The molecule has 0 unspecified atom stereocenters. The molecular formula is C28H40N2O2. The number of rotatable bonds is 7. The number of piperidine rings is 2. The Labute approximate surface area is 194 Å². The second-order valence-electron chi connectivity index (χ2n) is 10.2. The molecule has 4 rings (SSSR count). The summed E-state index contributed by atoms with van der Waals surface area (Å²) in [5.41, 5.74) is 2.76. The van der Waals surface area contributed by atoms with Crippen LogP contribution < -0.4 is 0 Å². The van der Waals surface area contributed by atoms with E-state index in [0.29, 0.717) is 36.5 Å². The van der Waals surface area contributed by atoms with Gasteiger partial charge >= 0.3 is 0 Å². The molecule has 4 heteroatoms. The number of nitrogens with zero attached hydrogens (tertiary/aromatic N) is 2. The molecule has 1 aromatic carbocycles. The van der Waals surface area contributed by atoms with E-state index in [-0.39, 0.29) is 0 Å². The Hall–Kier alpha value is -2.10. The van der Waals surface area contributed by atoms with Crippen LogP contribution in [0.4, 0.5) is 0 Å². The highest BCUT2D eigenvalue weighted by Crippen LogP contribution is 2.27. The van der Waals surface area contributed by atoms with E-state index in [0.717, 1.165) is 77.5 Å². The molecule has 0 aromatic heterocycles. The molecule has 2 saturated heterocycles. The zero-order valence-corrected chi connectivity index (χ0v) is 19.6. The summed E-state index contributed by atoms with van der Waals surface area (Å²) in [5.74, 6) is 1.94. The van der Waals surface area contributed by atoms with Crippen LogP contribution in [0.3, 0.4) is 0 Å². The molecule has 32 heavy (non-hydrogen) atoms. The van der Waals surface area contributed by atoms with Crippen molar-refractivity contribution < 1.29 is 9.59 Å². The molecule has 2 aliphatic heterocycles. The van der Waals surface area contributed by atoms with E-state index in [1.807, 2.05) is 0 Å². The van der Waals surface area contributed by atoms with Crippen LogP contribution in [-0.2, 0) is 16.0 Å². The van der Waals surface area contributed by atoms with Gasteiger partial charge in [-0.25, -0.2) is 0 Å². The van der Waals surface area contributed by atoms with Crippen LogP contribution in [0.1, 0.15) is 76.2 Å². The number of amides is 2. The first-order chi connectivity index (χ1) is 15.7. The summed E-state index contributed by atoms with van der Waals surface area (Å²) < 4.78 is 0. The van der Waals surface area contributed by atoms with Crippen molar-refractivity contribution in [3.63, 3.8) is 0 Å². The fourth-order valence-electron chi connectivity index (χ4n) is 5.66. The highest BCUT2D eigenvalue weighted by Gasteiger charge is 2.26. The lowest BCUT2D eigenvalue weighted by molar-refractivity contribution is -0.134. The van der Waals surface area contributed by atoms with E-state index in [1.54, 1.807) is 0 Å². The Bertz CT molecular complexity index is 772. The van der Waals surface area contributed by atoms with Crippen molar-refractivity contribution in [2.24, 2.45) is 11.8 Å². The fraction of sp³-hybridized carbons (Fsp3) is 0.643. The monoisotopic (exact) mass is 436 g/mol. The van der Waals surface area contributed by atoms with E-state index < -0.39 is 0 Å². The van der Waals surface area contributed by atoms with Gasteiger partial charge in [0.15, 0.2) is 0 Å². The Kier molecular flexibility index (Phi) is 8.42. The summed E-state index contributed by atoms with van der Waals surface area (Å²) in [6, 6.07) is 10.7. The molecule has 2 amide bonds. The molecule has 0 atom stereocenters. The lowest BCUT2D eigenvalue weighted by Gasteiger charge is -2.34. The summed E-state index contributed by atoms with van der Waals surface area (Å²) >= 11 is 0. The number of likely N-dealkylation sites (tertiary alicyclic amines) is 2. The van der Waals surface area contributed by atoms with Gasteiger partial charge in [0, 0.05) is 39.0 Å². The number of hydrogen-bond acceptors (Lipinski definition) is 2. The third-order valence-corrected chi connectivity index (χ3v) is 7.83. The first kappa shape index (κ1) is 23.1. The zero-order valence-electron chi connectivity index (χ0n) is 19.6. The van der Waals surface area contributed by atoms with Gasteiger partial charge in [-0.3, -0.25) is 9.59 Å². The van der Waals surface area contributed by atoms with Gasteiger partial charge in [0.25, 0.3) is 0 Å². The molecule has 2 fully saturated rings. The molecule has 4 nitrogen and oxygen atoms in total. The van der Waals surface area contributed by atoms with Gasteiger partial charge in [-0.2, -0.15) is 0 Å². The van der Waals surface area contributed by atoms with Crippen LogP contribution in [0.2, 0.25) is 0 Å². The summed E-state index contributed by atoms with van der Waals surface area (Å²) in [5, 5.41) is 0. The van der Waals surface area contributed by atoms with Gasteiger partial charge in [-0.05, 0) is 81.6 Å². The quantitative estimate of drug-likeness (QED) is 0.539. The van der Waals surface area contributed by atoms with E-state index in [2.05, 4.69) is 46.2 Å². The van der Waals surface area contributed by atoms with E-state index in [4.69, 9.17) is 0 Å². The third-order valence-electron chi connectivity index (χ3n) is 7.83. The fourth-order valence-corrected chi connectivity index (χ4v) is 5.66. The number of hydrogen-bond donors (Lipinski definition) is 0. The van der Waals surface area contributed by atoms with Gasteiger partial charge < -0.3 is 9.80 Å². The average Bonchev–Trinajstić information content (AvgIpc) is 2.84. The molecule has 3 aliphatic rings. The van der Waals surface area contributed by atoms with Gasteiger partial charge in [0.2, 0.25) is 11.8 Å². The first-order valence-corrected chi connectivity index (χ1v) is 12.9. The second kappa shape index (κ2) is 11.7. The van der Waals surface area contributed by atoms with Crippen LogP contribution >= 0.6 is 0 Å². The summed E-state index contributed by atoms with van der Waals surface area (Å²) in [6.07, 6.45) is 14.8. The largest absolute Gasteiger partial charge is 0.343 e. The molecule has 1 aliphatic carbocycles. The predicted molar refractivity (Wildman–Crippen MR) is 129 cm³/mol. The SMILES string of the molecule is O=C(CCC1CCN(C(=O)CC2=CCCCC2)CC1)N1CCC(Cc2ccccc2)CC1. The lowest BCUT2D eigenvalue weighted by atomic mass is 9.89. The van der Waals surface area contributed by atoms with E-state index >= 15 is 0 Å². The van der Waals surface area contributed by atoms with Crippen molar-refractivity contribution in [1.82, 2.24) is 9.80 Å². The molecule has 0 N–H and O–H groups in total. The van der Waals surface area contributed by atoms with Crippen LogP contribution in [0.15, 0.2) is 42.0 Å². The normalized spacial score (nSPS) is 20.8. The van der Waals surface area contributed by atoms with E-state index in [9.17, 15) is 9.59 Å². The topological polar surface area (TPSA) is 40.6 Å². The number of allylic oxidation sites excluding steroid dienone is 1. The molecule has 1 aromatic rings. The molecule has 2 heterocycles. The van der Waals surface area contributed by atoms with Gasteiger partial charge in [0.05, 0.1) is 0 Å². The van der Waals surface area contributed by atoms with Crippen LogP contribution in [-0.4, -0.2) is 47.8 Å². The molecule has 0 spiro atoms. The molecule has 0 radical (unpaired) electrons. The van der Waals surface area contributed by atoms with Crippen molar-refractivity contribution in [2.45, 2.75) is 77.0 Å². The Morgan fingerprint density at radius 1 is 0.812 bits per heavy atom. The maximum absolute atomic E-state index is 12.8. The van der Waals surface area contributed by atoms with Crippen molar-refractivity contribution in [1.29, 1.82) is 0 Å². The summed E-state index contributed by atoms with van der Waals surface area (Å²) in [7, 11) is 0. The lowest BCUT2D eigenvalue weighted by Crippen LogP contribution is -2.40. The maximum atomic E-state index is 12.8. The standard InChI is InChI=1S/C28H40N2O2/c31-27(29-19-15-26(16-20-29)21-24-7-3-1-4-8-24)12-11-23-13-17-30(18-14-23)28(32)22-25-9-5-2-6-10-25/h1,3-4,7-9,23,26H,2,5-6,10-22H2. The Balaban J connectivity index is 1.11. The zero-order chi connectivity index (χ0) is 22.2. The number of carbonyl (C=O) groups excluding carboxylic acids is 2. The summed E-state index contributed by atoms with van der Waals surface area (Å²) in [4.78, 5) is 29.5. The third kappa shape index (κ3) is 6.70. The number of carbonyl (C=O) groups is 2. The highest BCUT2D eigenvalue weighted by molar-refractivity contribution is 5.79. The van der Waals surface area contributed by atoms with Crippen molar-refractivity contribution in [3.8, 4) is 0 Å². The van der Waals surface area contributed by atoms with Crippen LogP contribution in [0, 0.1) is 11.8 Å². The minimum absolute atomic E-state index is 0.311. The number of benzene rings is 1. The molecule has 0 bridgehead atoms. The van der Waals surface area contributed by atoms with Gasteiger partial charge in [-0.1, -0.05) is 42.0 Å². The van der Waals surface area contributed by atoms with Crippen molar-refractivity contribution in [2.75, 3.05) is 26.2 Å². The second-order valence-corrected chi connectivity index (χ2v) is 10.2. The Morgan fingerprint density at radius 3 is 2.12 bits per heavy atom. The molecule has 0 saturated carbocycles.